The number of rotatable bonds is 4. The second kappa shape index (κ2) is 5.49. The largest absolute Gasteiger partial charge is 0.345 e. The summed E-state index contributed by atoms with van der Waals surface area (Å²) < 4.78 is 0. The number of carbonyl (C=O) groups excluding carboxylic acids is 1. The van der Waals surface area contributed by atoms with Crippen LogP contribution in [0.4, 0.5) is 0 Å². The standard InChI is InChI=1S/C18H19NO/c1-13-7-9-14(10-8-13)17(15-11-12-15)19-18(20)16-5-3-2-4-6-16/h2-10,15,17H,11-12H2,1H3,(H,19,20). The fraction of sp³-hybridized carbons (Fsp3) is 0.278. The van der Waals surface area contributed by atoms with E-state index < -0.39 is 0 Å². The molecule has 2 aromatic carbocycles. The van der Waals surface area contributed by atoms with Crippen molar-refractivity contribution in [3.63, 3.8) is 0 Å². The van der Waals surface area contributed by atoms with E-state index in [2.05, 4.69) is 36.5 Å². The Morgan fingerprint density at radius 2 is 1.70 bits per heavy atom. The average molecular weight is 265 g/mol. The molecular formula is C18H19NO. The molecular weight excluding hydrogens is 246 g/mol. The van der Waals surface area contributed by atoms with Gasteiger partial charge in [0.1, 0.15) is 0 Å². The minimum atomic E-state index is 0.0167. The lowest BCUT2D eigenvalue weighted by atomic mass is 10.0. The highest BCUT2D eigenvalue weighted by Crippen LogP contribution is 2.41. The van der Waals surface area contributed by atoms with Gasteiger partial charge in [-0.3, -0.25) is 4.79 Å². The second-order valence-corrected chi connectivity index (χ2v) is 5.57. The van der Waals surface area contributed by atoms with Crippen LogP contribution < -0.4 is 5.32 Å². The van der Waals surface area contributed by atoms with Crippen LogP contribution in [0.15, 0.2) is 54.6 Å². The third kappa shape index (κ3) is 2.90. The first kappa shape index (κ1) is 12.9. The van der Waals surface area contributed by atoms with Crippen LogP contribution in [-0.2, 0) is 0 Å². The van der Waals surface area contributed by atoms with Gasteiger partial charge >= 0.3 is 0 Å². The summed E-state index contributed by atoms with van der Waals surface area (Å²) in [6.45, 7) is 2.08. The zero-order chi connectivity index (χ0) is 13.9. The van der Waals surface area contributed by atoms with Crippen LogP contribution in [0.25, 0.3) is 0 Å². The summed E-state index contributed by atoms with van der Waals surface area (Å²) >= 11 is 0. The Hall–Kier alpha value is -2.09. The zero-order valence-corrected chi connectivity index (χ0v) is 11.7. The molecule has 1 aliphatic rings. The second-order valence-electron chi connectivity index (χ2n) is 5.57. The first-order valence-corrected chi connectivity index (χ1v) is 7.16. The maximum Gasteiger partial charge on any atom is 0.251 e. The van der Waals surface area contributed by atoms with Crippen molar-refractivity contribution in [2.24, 2.45) is 5.92 Å². The molecule has 1 saturated carbocycles. The zero-order valence-electron chi connectivity index (χ0n) is 11.7. The molecule has 3 rings (SSSR count). The summed E-state index contributed by atoms with van der Waals surface area (Å²) in [7, 11) is 0. The Labute approximate surface area is 119 Å². The van der Waals surface area contributed by atoms with E-state index in [1.807, 2.05) is 30.3 Å². The number of hydrogen-bond acceptors (Lipinski definition) is 1. The van der Waals surface area contributed by atoms with E-state index in [1.54, 1.807) is 0 Å². The predicted octanol–water partition coefficient (Wildman–Crippen LogP) is 3.88. The molecule has 0 radical (unpaired) electrons. The van der Waals surface area contributed by atoms with Crippen molar-refractivity contribution in [3.05, 3.63) is 71.3 Å². The van der Waals surface area contributed by atoms with Gasteiger partial charge in [-0.1, -0.05) is 48.0 Å². The summed E-state index contributed by atoms with van der Waals surface area (Å²) in [4.78, 5) is 12.3. The van der Waals surface area contributed by atoms with E-state index in [-0.39, 0.29) is 11.9 Å². The van der Waals surface area contributed by atoms with E-state index in [1.165, 1.54) is 24.0 Å². The monoisotopic (exact) mass is 265 g/mol. The molecule has 1 atom stereocenters. The van der Waals surface area contributed by atoms with Gasteiger partial charge in [0.15, 0.2) is 0 Å². The van der Waals surface area contributed by atoms with Gasteiger partial charge in [0.2, 0.25) is 0 Å². The van der Waals surface area contributed by atoms with E-state index in [4.69, 9.17) is 0 Å². The first-order chi connectivity index (χ1) is 9.74. The van der Waals surface area contributed by atoms with E-state index in [0.717, 1.165) is 5.56 Å². The van der Waals surface area contributed by atoms with Gasteiger partial charge in [-0.05, 0) is 43.4 Å². The number of hydrogen-bond donors (Lipinski definition) is 1. The molecule has 0 spiro atoms. The van der Waals surface area contributed by atoms with Gasteiger partial charge in [-0.25, -0.2) is 0 Å². The lowest BCUT2D eigenvalue weighted by Gasteiger charge is -2.19. The molecule has 2 heteroatoms. The summed E-state index contributed by atoms with van der Waals surface area (Å²) in [5, 5.41) is 3.19. The number of carbonyl (C=O) groups is 1. The van der Waals surface area contributed by atoms with Crippen molar-refractivity contribution in [2.75, 3.05) is 0 Å². The van der Waals surface area contributed by atoms with Gasteiger partial charge in [0, 0.05) is 5.56 Å². The minimum absolute atomic E-state index is 0.0167. The Kier molecular flexibility index (Phi) is 3.55. The molecule has 2 aromatic rings. The van der Waals surface area contributed by atoms with E-state index >= 15 is 0 Å². The fourth-order valence-electron chi connectivity index (χ4n) is 2.49. The average Bonchev–Trinajstić information content (AvgIpc) is 3.31. The van der Waals surface area contributed by atoms with Gasteiger partial charge in [-0.15, -0.1) is 0 Å². The highest BCUT2D eigenvalue weighted by atomic mass is 16.1. The molecule has 20 heavy (non-hydrogen) atoms. The highest BCUT2D eigenvalue weighted by Gasteiger charge is 2.33. The normalized spacial score (nSPS) is 15.7. The van der Waals surface area contributed by atoms with Crippen LogP contribution in [0, 0.1) is 12.8 Å². The third-order valence-corrected chi connectivity index (χ3v) is 3.85. The van der Waals surface area contributed by atoms with Crippen molar-refractivity contribution >= 4 is 5.91 Å². The van der Waals surface area contributed by atoms with Gasteiger partial charge in [-0.2, -0.15) is 0 Å². The molecule has 1 amide bonds. The fourth-order valence-corrected chi connectivity index (χ4v) is 2.49. The van der Waals surface area contributed by atoms with Gasteiger partial charge in [0.05, 0.1) is 6.04 Å². The van der Waals surface area contributed by atoms with Crippen molar-refractivity contribution in [2.45, 2.75) is 25.8 Å². The summed E-state index contributed by atoms with van der Waals surface area (Å²) in [6.07, 6.45) is 2.40. The maximum atomic E-state index is 12.3. The summed E-state index contributed by atoms with van der Waals surface area (Å²) in [5.74, 6) is 0.605. The smallest absolute Gasteiger partial charge is 0.251 e. The number of nitrogens with one attached hydrogen (secondary N) is 1. The molecule has 1 aliphatic carbocycles. The molecule has 0 aliphatic heterocycles. The molecule has 0 saturated heterocycles. The molecule has 2 nitrogen and oxygen atoms in total. The maximum absolute atomic E-state index is 12.3. The van der Waals surface area contributed by atoms with Crippen LogP contribution in [0.1, 0.15) is 40.4 Å². The molecule has 102 valence electrons. The number of benzene rings is 2. The summed E-state index contributed by atoms with van der Waals surface area (Å²) in [5.41, 5.74) is 3.19. The van der Waals surface area contributed by atoms with Crippen LogP contribution in [-0.4, -0.2) is 5.91 Å². The SMILES string of the molecule is Cc1ccc(C(NC(=O)c2ccccc2)C2CC2)cc1. The van der Waals surface area contributed by atoms with Crippen LogP contribution in [0.5, 0.6) is 0 Å². The predicted molar refractivity (Wildman–Crippen MR) is 80.6 cm³/mol. The minimum Gasteiger partial charge on any atom is -0.345 e. The first-order valence-electron chi connectivity index (χ1n) is 7.16. The quantitative estimate of drug-likeness (QED) is 0.893. The topological polar surface area (TPSA) is 29.1 Å². The number of aryl methyl sites for hydroxylation is 1. The molecule has 1 N–H and O–H groups in total. The van der Waals surface area contributed by atoms with Crippen molar-refractivity contribution in [1.29, 1.82) is 0 Å². The molecule has 1 fully saturated rings. The Morgan fingerprint density at radius 1 is 1.05 bits per heavy atom. The molecule has 0 aromatic heterocycles. The molecule has 1 unspecified atom stereocenters. The molecule has 0 bridgehead atoms. The lowest BCUT2D eigenvalue weighted by Crippen LogP contribution is -2.29. The van der Waals surface area contributed by atoms with Crippen LogP contribution >= 0.6 is 0 Å². The molecule has 0 heterocycles. The number of amides is 1. The van der Waals surface area contributed by atoms with Crippen LogP contribution in [0.2, 0.25) is 0 Å². The summed E-state index contributed by atoms with van der Waals surface area (Å²) in [6, 6.07) is 18.0. The van der Waals surface area contributed by atoms with E-state index in [0.29, 0.717) is 5.92 Å². The van der Waals surface area contributed by atoms with Gasteiger partial charge < -0.3 is 5.32 Å². The Balaban J connectivity index is 1.78. The van der Waals surface area contributed by atoms with E-state index in [9.17, 15) is 4.79 Å². The highest BCUT2D eigenvalue weighted by molar-refractivity contribution is 5.94. The van der Waals surface area contributed by atoms with Crippen molar-refractivity contribution < 1.29 is 4.79 Å². The Bertz CT molecular complexity index is 585. The Morgan fingerprint density at radius 3 is 2.30 bits per heavy atom. The van der Waals surface area contributed by atoms with Crippen molar-refractivity contribution in [1.82, 2.24) is 5.32 Å². The van der Waals surface area contributed by atoms with Crippen LogP contribution in [0.3, 0.4) is 0 Å². The van der Waals surface area contributed by atoms with Gasteiger partial charge in [0.25, 0.3) is 5.91 Å². The lowest BCUT2D eigenvalue weighted by molar-refractivity contribution is 0.0931. The van der Waals surface area contributed by atoms with Crippen molar-refractivity contribution in [3.8, 4) is 0 Å². The third-order valence-electron chi connectivity index (χ3n) is 3.85.